The van der Waals surface area contributed by atoms with E-state index < -0.39 is 8.07 Å². The number of hydrogen-bond acceptors (Lipinski definition) is 1. The molecule has 0 fully saturated rings. The molecule has 150 valence electrons. The molecule has 0 aliphatic heterocycles. The monoisotopic (exact) mass is 412 g/mol. The number of benzene rings is 3. The second kappa shape index (κ2) is 12.6. The van der Waals surface area contributed by atoms with E-state index in [-0.39, 0.29) is 48.9 Å². The van der Waals surface area contributed by atoms with Gasteiger partial charge in [-0.2, -0.15) is 6.42 Å². The van der Waals surface area contributed by atoms with Crippen LogP contribution in [0.4, 0.5) is 0 Å². The van der Waals surface area contributed by atoms with E-state index in [2.05, 4.69) is 97.0 Å². The van der Waals surface area contributed by atoms with Gasteiger partial charge in [-0.25, -0.2) is 0 Å². The third kappa shape index (κ3) is 6.79. The molecule has 4 heteroatoms. The molecule has 0 unspecified atom stereocenters. The van der Waals surface area contributed by atoms with Gasteiger partial charge in [0.25, 0.3) is 0 Å². The average Bonchev–Trinajstić information content (AvgIpc) is 2.75. The molecule has 0 radical (unpaired) electrons. The molecule has 1 nitrogen and oxygen atoms in total. The van der Waals surface area contributed by atoms with E-state index in [1.54, 1.807) is 0 Å². The standard InChI is InChI=1S/C27H31OSi.2Li/c1-27(2,3)26(28)21-13-14-22-29(23-15-7-4-8-16-23,24-17-9-5-10-18-24)25-19-11-6-12-20-25;;/h4-12,15-22,28H,13-14H2,1-3H3;;/q-1;2*+1/p-1/b26-21-;;. The van der Waals surface area contributed by atoms with Crippen molar-refractivity contribution in [2.75, 3.05) is 0 Å². The first-order valence-electron chi connectivity index (χ1n) is 10.3. The Hall–Kier alpha value is -1.39. The van der Waals surface area contributed by atoms with Crippen molar-refractivity contribution in [1.29, 1.82) is 0 Å². The quantitative estimate of drug-likeness (QED) is 0.145. The van der Waals surface area contributed by atoms with Gasteiger partial charge in [-0.05, 0) is 5.41 Å². The van der Waals surface area contributed by atoms with Gasteiger partial charge in [-0.3, -0.25) is 0 Å². The first-order chi connectivity index (χ1) is 13.9. The molecule has 31 heavy (non-hydrogen) atoms. The van der Waals surface area contributed by atoms with Crippen molar-refractivity contribution in [2.24, 2.45) is 5.41 Å². The summed E-state index contributed by atoms with van der Waals surface area (Å²) in [5, 5.41) is 16.5. The molecule has 0 atom stereocenters. The van der Waals surface area contributed by atoms with Crippen LogP contribution in [-0.4, -0.2) is 8.07 Å². The zero-order chi connectivity index (χ0) is 20.7. The molecule has 0 saturated heterocycles. The van der Waals surface area contributed by atoms with Crippen LogP contribution in [0.5, 0.6) is 0 Å². The van der Waals surface area contributed by atoms with Crippen LogP contribution >= 0.6 is 0 Å². The topological polar surface area (TPSA) is 23.1 Å². The molecule has 0 amide bonds. The molecule has 3 rings (SSSR count). The summed E-state index contributed by atoms with van der Waals surface area (Å²) in [6.45, 7) is 5.94. The average molecular weight is 413 g/mol. The maximum Gasteiger partial charge on any atom is 1.00 e. The van der Waals surface area contributed by atoms with Crippen molar-refractivity contribution in [3.05, 3.63) is 109 Å². The smallest absolute Gasteiger partial charge is 0.875 e. The van der Waals surface area contributed by atoms with E-state index in [1.807, 2.05) is 26.8 Å². The summed E-state index contributed by atoms with van der Waals surface area (Å²) in [6, 6.07) is 35.1. The zero-order valence-electron chi connectivity index (χ0n) is 19.6. The van der Waals surface area contributed by atoms with Crippen molar-refractivity contribution in [1.82, 2.24) is 0 Å². The van der Waals surface area contributed by atoms with Crippen molar-refractivity contribution in [2.45, 2.75) is 33.6 Å². The van der Waals surface area contributed by atoms with E-state index >= 15 is 0 Å². The van der Waals surface area contributed by atoms with Gasteiger partial charge in [0.05, 0.1) is 0 Å². The molecule has 0 heterocycles. The summed E-state index contributed by atoms with van der Waals surface area (Å²) in [4.78, 5) is 0. The maximum absolute atomic E-state index is 12.3. The molecule has 0 aromatic heterocycles. The van der Waals surface area contributed by atoms with Crippen LogP contribution < -0.4 is 58.4 Å². The molecule has 0 aliphatic carbocycles. The predicted molar refractivity (Wildman–Crippen MR) is 125 cm³/mol. The van der Waals surface area contributed by atoms with Crippen LogP contribution in [0.15, 0.2) is 103 Å². The Morgan fingerprint density at radius 1 is 0.742 bits per heavy atom. The second-order valence-electron chi connectivity index (χ2n) is 8.51. The van der Waals surface area contributed by atoms with Gasteiger partial charge in [0.1, 0.15) is 0 Å². The molecule has 0 aliphatic rings. The molecular formula is C27H30Li2OSi. The predicted octanol–water partition coefficient (Wildman–Crippen LogP) is -2.02. The second-order valence-corrected chi connectivity index (χ2v) is 12.3. The molecular weight excluding hydrogens is 382 g/mol. The fourth-order valence-corrected chi connectivity index (χ4v) is 8.24. The largest absolute Gasteiger partial charge is 1.00 e. The Balaban J connectivity index is 0.00000240. The summed E-state index contributed by atoms with van der Waals surface area (Å²) in [5.41, 5.74) is -0.313. The van der Waals surface area contributed by atoms with E-state index in [0.29, 0.717) is 0 Å². The first kappa shape index (κ1) is 27.6. The van der Waals surface area contributed by atoms with Gasteiger partial charge in [-0.1, -0.05) is 140 Å². The van der Waals surface area contributed by atoms with Crippen molar-refractivity contribution in [3.8, 4) is 0 Å². The van der Waals surface area contributed by atoms with Gasteiger partial charge in [0.15, 0.2) is 0 Å². The normalized spacial score (nSPS) is 11.9. The Morgan fingerprint density at radius 3 is 1.42 bits per heavy atom. The molecule has 0 saturated carbocycles. The van der Waals surface area contributed by atoms with Crippen molar-refractivity contribution < 1.29 is 42.8 Å². The minimum absolute atomic E-state index is 0. The van der Waals surface area contributed by atoms with Gasteiger partial charge in [0, 0.05) is 8.07 Å². The van der Waals surface area contributed by atoms with Gasteiger partial charge in [-0.15, -0.1) is 5.76 Å². The summed E-state index contributed by atoms with van der Waals surface area (Å²) in [6.07, 6.45) is 3.53. The molecule has 3 aromatic rings. The third-order valence-corrected chi connectivity index (χ3v) is 10.0. The van der Waals surface area contributed by atoms with E-state index in [4.69, 9.17) is 0 Å². The Morgan fingerprint density at radius 2 is 1.10 bits per heavy atom. The van der Waals surface area contributed by atoms with Crippen LogP contribution in [-0.2, 0) is 0 Å². The minimum Gasteiger partial charge on any atom is -0.875 e. The number of unbranched alkanes of at least 4 members (excludes halogenated alkanes) is 1. The fraction of sp³-hybridized carbons (Fsp3) is 0.222. The molecule has 0 spiro atoms. The van der Waals surface area contributed by atoms with Crippen LogP contribution in [0.2, 0.25) is 0 Å². The van der Waals surface area contributed by atoms with Crippen molar-refractivity contribution >= 4 is 23.6 Å². The Labute approximate surface area is 213 Å². The molecule has 0 N–H and O–H groups in total. The van der Waals surface area contributed by atoms with Crippen LogP contribution in [0, 0.1) is 11.5 Å². The Kier molecular flexibility index (Phi) is 11.2. The molecule has 3 aromatic carbocycles. The Bertz CT molecular complexity index is 823. The maximum atomic E-state index is 12.3. The third-order valence-electron chi connectivity index (χ3n) is 5.37. The fourth-order valence-electron chi connectivity index (χ4n) is 3.78. The van der Waals surface area contributed by atoms with Crippen LogP contribution in [0.3, 0.4) is 0 Å². The van der Waals surface area contributed by atoms with Gasteiger partial charge >= 0.3 is 37.7 Å². The van der Waals surface area contributed by atoms with Crippen molar-refractivity contribution in [3.63, 3.8) is 0 Å². The number of rotatable bonds is 7. The van der Waals surface area contributed by atoms with Crippen LogP contribution in [0.1, 0.15) is 33.6 Å². The SMILES string of the molecule is CC(C)(C)/C([O-])=C/CC[CH-][Si](c1ccccc1)(c1ccccc1)c1ccccc1.[Li+].[Li+]. The number of allylic oxidation sites excluding steroid dienone is 2. The molecule has 0 bridgehead atoms. The van der Waals surface area contributed by atoms with E-state index in [1.165, 1.54) is 15.6 Å². The van der Waals surface area contributed by atoms with E-state index in [0.717, 1.165) is 12.8 Å². The summed E-state index contributed by atoms with van der Waals surface area (Å²) < 4.78 is 0. The zero-order valence-corrected chi connectivity index (χ0v) is 20.6. The van der Waals surface area contributed by atoms with E-state index in [9.17, 15) is 5.11 Å². The summed E-state index contributed by atoms with van der Waals surface area (Å²) >= 11 is 0. The van der Waals surface area contributed by atoms with Gasteiger partial charge < -0.3 is 11.2 Å². The summed E-state index contributed by atoms with van der Waals surface area (Å²) in [5.74, 6) is 0.220. The van der Waals surface area contributed by atoms with Gasteiger partial charge in [0.2, 0.25) is 0 Å². The minimum atomic E-state index is -2.30. The number of hydrogen-bond donors (Lipinski definition) is 0. The van der Waals surface area contributed by atoms with Crippen LogP contribution in [0.25, 0.3) is 0 Å². The summed E-state index contributed by atoms with van der Waals surface area (Å²) in [7, 11) is -2.30. The first-order valence-corrected chi connectivity index (χ1v) is 12.4.